The smallest absolute Gasteiger partial charge is 0.330 e. The van der Waals surface area contributed by atoms with E-state index in [0.29, 0.717) is 6.54 Å². The average Bonchev–Trinajstić information content (AvgIpc) is 3.14. The number of aromatic nitrogens is 2. The molecule has 2 fully saturated rings. The van der Waals surface area contributed by atoms with Gasteiger partial charge < -0.3 is 5.32 Å². The molecule has 1 spiro atoms. The van der Waals surface area contributed by atoms with Crippen LogP contribution in [0.3, 0.4) is 0 Å². The van der Waals surface area contributed by atoms with E-state index in [4.69, 9.17) is 0 Å². The summed E-state index contributed by atoms with van der Waals surface area (Å²) < 4.78 is 38.4. The van der Waals surface area contributed by atoms with Gasteiger partial charge in [-0.2, -0.15) is 13.2 Å². The molecule has 9 heteroatoms. The Hall–Kier alpha value is -2.68. The minimum atomic E-state index is -4.61. The Morgan fingerprint density at radius 3 is 2.30 bits per heavy atom. The van der Waals surface area contributed by atoms with E-state index < -0.39 is 17.5 Å². The number of nitrogens with zero attached hydrogens (tertiary/aromatic N) is 4. The van der Waals surface area contributed by atoms with Crippen molar-refractivity contribution in [2.45, 2.75) is 62.7 Å². The zero-order valence-electron chi connectivity index (χ0n) is 19.0. The normalized spacial score (nSPS) is 25.6. The van der Waals surface area contributed by atoms with Crippen LogP contribution in [-0.4, -0.2) is 46.6 Å². The molecule has 0 atom stereocenters. The first-order valence-corrected chi connectivity index (χ1v) is 11.4. The summed E-state index contributed by atoms with van der Waals surface area (Å²) in [7, 11) is 2.18. The van der Waals surface area contributed by atoms with Crippen molar-refractivity contribution in [2.24, 2.45) is 0 Å². The average molecular weight is 462 g/mol. The lowest BCUT2D eigenvalue weighted by atomic mass is 9.68. The van der Waals surface area contributed by atoms with Crippen molar-refractivity contribution in [1.82, 2.24) is 20.2 Å². The molecule has 1 saturated carbocycles. The van der Waals surface area contributed by atoms with Crippen LogP contribution in [0.4, 0.5) is 23.7 Å². The molecular weight excluding hydrogens is 431 g/mol. The summed E-state index contributed by atoms with van der Waals surface area (Å²) in [5, 5.41) is 3.12. The van der Waals surface area contributed by atoms with Gasteiger partial charge in [-0.05, 0) is 51.3 Å². The van der Waals surface area contributed by atoms with Gasteiger partial charge in [0, 0.05) is 5.54 Å². The Balaban J connectivity index is 1.52. The third-order valence-electron chi connectivity index (χ3n) is 7.20. The predicted molar refractivity (Wildman–Crippen MR) is 120 cm³/mol. The predicted octanol–water partition coefficient (Wildman–Crippen LogP) is 4.97. The maximum absolute atomic E-state index is 12.8. The monoisotopic (exact) mass is 461 g/mol. The fourth-order valence-corrected chi connectivity index (χ4v) is 5.20. The number of amides is 2. The van der Waals surface area contributed by atoms with Gasteiger partial charge in [0.25, 0.3) is 0 Å². The maximum Gasteiger partial charge on any atom is 0.451 e. The standard InChI is InChI=1S/C24H30F3N5O/c1-3-4-14-31(2)23(18-8-6-5-7-9-18)12-10-22(11-13-23)17-32(21(33)30-22)19-15-28-20(29-16-19)24(25,26)27/h5-9,15-16H,3-4,10-14,17H2,1-2H3,(H,30,33)/t22-,23+. The maximum atomic E-state index is 12.8. The molecule has 6 nitrogen and oxygen atoms in total. The van der Waals surface area contributed by atoms with Gasteiger partial charge in [-0.3, -0.25) is 9.80 Å². The number of hydrogen-bond acceptors (Lipinski definition) is 4. The van der Waals surface area contributed by atoms with Gasteiger partial charge in [0.1, 0.15) is 0 Å². The summed E-state index contributed by atoms with van der Waals surface area (Å²) in [5.41, 5.74) is 1.05. The molecule has 2 aromatic rings. The van der Waals surface area contributed by atoms with E-state index >= 15 is 0 Å². The van der Waals surface area contributed by atoms with Crippen LogP contribution in [0.5, 0.6) is 0 Å². The topological polar surface area (TPSA) is 61.4 Å². The SMILES string of the molecule is CCCCN(C)[C@]1(c2ccccc2)CC[C@]2(CC1)CN(c1cnc(C(F)(F)F)nc1)C(=O)N2. The van der Waals surface area contributed by atoms with Crippen LogP contribution < -0.4 is 10.2 Å². The van der Waals surface area contributed by atoms with Gasteiger partial charge in [0.15, 0.2) is 0 Å². The molecule has 1 aromatic carbocycles. The Labute approximate surface area is 192 Å². The van der Waals surface area contributed by atoms with E-state index in [1.165, 1.54) is 10.5 Å². The second-order valence-corrected chi connectivity index (χ2v) is 9.23. The molecule has 1 N–H and O–H groups in total. The van der Waals surface area contributed by atoms with Gasteiger partial charge in [0.2, 0.25) is 5.82 Å². The highest BCUT2D eigenvalue weighted by Crippen LogP contribution is 2.47. The van der Waals surface area contributed by atoms with Crippen molar-refractivity contribution >= 4 is 11.7 Å². The molecule has 4 rings (SSSR count). The number of benzene rings is 1. The summed E-state index contributed by atoms with van der Waals surface area (Å²) in [6.07, 6.45) is 3.11. The largest absolute Gasteiger partial charge is 0.451 e. The van der Waals surface area contributed by atoms with Gasteiger partial charge >= 0.3 is 12.2 Å². The molecule has 178 valence electrons. The highest BCUT2D eigenvalue weighted by molar-refractivity contribution is 5.95. The number of rotatable bonds is 6. The van der Waals surface area contributed by atoms with Crippen LogP contribution in [0, 0.1) is 0 Å². The van der Waals surface area contributed by atoms with Gasteiger partial charge in [-0.1, -0.05) is 43.7 Å². The van der Waals surface area contributed by atoms with E-state index in [1.54, 1.807) is 0 Å². The molecular formula is C24H30F3N5O. The third-order valence-corrected chi connectivity index (χ3v) is 7.20. The van der Waals surface area contributed by atoms with E-state index in [2.05, 4.69) is 58.4 Å². The van der Waals surface area contributed by atoms with E-state index in [-0.39, 0.29) is 17.3 Å². The fraction of sp³-hybridized carbons (Fsp3) is 0.542. The van der Waals surface area contributed by atoms with Crippen LogP contribution in [0.15, 0.2) is 42.7 Å². The zero-order chi connectivity index (χ0) is 23.7. The Kier molecular flexibility index (Phi) is 6.35. The molecule has 1 saturated heterocycles. The number of halogens is 3. The third kappa shape index (κ3) is 4.55. The molecule has 0 radical (unpaired) electrons. The number of anilines is 1. The van der Waals surface area contributed by atoms with Crippen LogP contribution in [-0.2, 0) is 11.7 Å². The Morgan fingerprint density at radius 1 is 1.09 bits per heavy atom. The van der Waals surface area contributed by atoms with Crippen LogP contribution in [0.25, 0.3) is 0 Å². The first-order chi connectivity index (χ1) is 15.7. The van der Waals surface area contributed by atoms with Crippen LogP contribution in [0.2, 0.25) is 0 Å². The zero-order valence-corrected chi connectivity index (χ0v) is 19.0. The quantitative estimate of drug-likeness (QED) is 0.660. The van der Waals surface area contributed by atoms with Gasteiger partial charge in [-0.15, -0.1) is 0 Å². The number of nitrogens with one attached hydrogen (secondary N) is 1. The number of carbonyl (C=O) groups excluding carboxylic acids is 1. The van der Waals surface area contributed by atoms with E-state index in [9.17, 15) is 18.0 Å². The van der Waals surface area contributed by atoms with E-state index in [0.717, 1.165) is 57.5 Å². The highest BCUT2D eigenvalue weighted by atomic mass is 19.4. The van der Waals surface area contributed by atoms with Crippen molar-refractivity contribution in [3.05, 3.63) is 54.1 Å². The van der Waals surface area contributed by atoms with Crippen LogP contribution >= 0.6 is 0 Å². The molecule has 0 unspecified atom stereocenters. The minimum absolute atomic E-state index is 0.0999. The second kappa shape index (κ2) is 8.93. The molecule has 2 heterocycles. The lowest BCUT2D eigenvalue weighted by molar-refractivity contribution is -0.144. The molecule has 2 amide bonds. The molecule has 2 aliphatic rings. The molecule has 1 aliphatic heterocycles. The van der Waals surface area contributed by atoms with Crippen molar-refractivity contribution < 1.29 is 18.0 Å². The van der Waals surface area contributed by atoms with Crippen molar-refractivity contribution in [3.8, 4) is 0 Å². The fourth-order valence-electron chi connectivity index (χ4n) is 5.20. The number of hydrogen-bond donors (Lipinski definition) is 1. The van der Waals surface area contributed by atoms with Crippen molar-refractivity contribution in [1.29, 1.82) is 0 Å². The van der Waals surface area contributed by atoms with Crippen molar-refractivity contribution in [3.63, 3.8) is 0 Å². The molecule has 0 bridgehead atoms. The highest BCUT2D eigenvalue weighted by Gasteiger charge is 2.51. The molecule has 1 aliphatic carbocycles. The van der Waals surface area contributed by atoms with Crippen LogP contribution in [0.1, 0.15) is 56.8 Å². The lowest BCUT2D eigenvalue weighted by Gasteiger charge is -2.50. The Morgan fingerprint density at radius 2 is 1.73 bits per heavy atom. The van der Waals surface area contributed by atoms with Gasteiger partial charge in [0.05, 0.1) is 30.2 Å². The molecule has 1 aromatic heterocycles. The summed E-state index contributed by atoms with van der Waals surface area (Å²) >= 11 is 0. The number of carbonyl (C=O) groups is 1. The Bertz CT molecular complexity index is 956. The number of alkyl halides is 3. The summed E-state index contributed by atoms with van der Waals surface area (Å²) in [5.74, 6) is -1.21. The minimum Gasteiger partial charge on any atom is -0.330 e. The lowest BCUT2D eigenvalue weighted by Crippen LogP contribution is -2.55. The van der Waals surface area contributed by atoms with E-state index in [1.807, 2.05) is 6.07 Å². The summed E-state index contributed by atoms with van der Waals surface area (Å²) in [4.78, 5) is 23.5. The summed E-state index contributed by atoms with van der Waals surface area (Å²) in [6.45, 7) is 3.58. The van der Waals surface area contributed by atoms with Crippen molar-refractivity contribution in [2.75, 3.05) is 25.0 Å². The number of unbranched alkanes of at least 4 members (excludes halogenated alkanes) is 1. The molecule has 33 heavy (non-hydrogen) atoms. The first kappa shape index (κ1) is 23.5. The first-order valence-electron chi connectivity index (χ1n) is 11.4. The summed E-state index contributed by atoms with van der Waals surface area (Å²) in [6, 6.07) is 10.2. The second-order valence-electron chi connectivity index (χ2n) is 9.23. The van der Waals surface area contributed by atoms with Gasteiger partial charge in [-0.25, -0.2) is 14.8 Å². The number of urea groups is 1.